The highest BCUT2D eigenvalue weighted by Gasteiger charge is 2.23. The fourth-order valence-corrected chi connectivity index (χ4v) is 3.65. The number of aromatic nitrogens is 2. The molecule has 1 unspecified atom stereocenters. The van der Waals surface area contributed by atoms with Crippen molar-refractivity contribution in [1.82, 2.24) is 14.7 Å². The van der Waals surface area contributed by atoms with Gasteiger partial charge in [0.2, 0.25) is 5.88 Å². The summed E-state index contributed by atoms with van der Waals surface area (Å²) < 4.78 is 18.7. The third kappa shape index (κ3) is 7.17. The molecule has 7 nitrogen and oxygen atoms in total. The summed E-state index contributed by atoms with van der Waals surface area (Å²) in [5.41, 5.74) is 3.93. The van der Waals surface area contributed by atoms with Crippen molar-refractivity contribution in [3.05, 3.63) is 65.7 Å². The van der Waals surface area contributed by atoms with E-state index >= 15 is 0 Å². The maximum Gasteiger partial charge on any atom is 0.222 e. The maximum atomic E-state index is 10.5. The average molecular weight is 464 g/mol. The Labute approximate surface area is 201 Å². The van der Waals surface area contributed by atoms with Gasteiger partial charge in [0, 0.05) is 39.4 Å². The predicted molar refractivity (Wildman–Crippen MR) is 133 cm³/mol. The second kappa shape index (κ2) is 12.9. The summed E-state index contributed by atoms with van der Waals surface area (Å²) in [5.74, 6) is 3.81. The summed E-state index contributed by atoms with van der Waals surface area (Å²) in [5, 5.41) is 15.3. The summed E-state index contributed by atoms with van der Waals surface area (Å²) >= 11 is 0. The molecule has 1 heterocycles. The van der Waals surface area contributed by atoms with Gasteiger partial charge in [-0.25, -0.2) is 4.68 Å². The van der Waals surface area contributed by atoms with Crippen LogP contribution in [0.25, 0.3) is 11.3 Å². The van der Waals surface area contributed by atoms with E-state index in [1.807, 2.05) is 68.6 Å². The Kier molecular flexibility index (Phi) is 9.68. The third-order valence-corrected chi connectivity index (χ3v) is 5.33. The number of hydrogen-bond acceptors (Lipinski definition) is 6. The first-order chi connectivity index (χ1) is 16.5. The molecule has 0 spiro atoms. The van der Waals surface area contributed by atoms with Gasteiger partial charge in [0.25, 0.3) is 0 Å². The van der Waals surface area contributed by atoms with Crippen LogP contribution in [0.3, 0.4) is 0 Å². The molecule has 3 aromatic rings. The van der Waals surface area contributed by atoms with Gasteiger partial charge in [-0.2, -0.15) is 5.10 Å². The van der Waals surface area contributed by atoms with Crippen molar-refractivity contribution in [3.8, 4) is 35.2 Å². The number of hydrogen-bond donors (Lipinski definition) is 1. The summed E-state index contributed by atoms with van der Waals surface area (Å²) in [6, 6.07) is 17.9. The monoisotopic (exact) mass is 463 g/mol. The van der Waals surface area contributed by atoms with Crippen molar-refractivity contribution in [1.29, 1.82) is 0 Å². The van der Waals surface area contributed by atoms with Crippen LogP contribution in [0.4, 0.5) is 0 Å². The lowest BCUT2D eigenvalue weighted by Crippen LogP contribution is -2.36. The smallest absolute Gasteiger partial charge is 0.222 e. The van der Waals surface area contributed by atoms with E-state index in [9.17, 15) is 5.11 Å². The van der Waals surface area contributed by atoms with E-state index in [-0.39, 0.29) is 13.2 Å². The SMILES string of the molecule is C#CCOCC(O)CN(CCOC)Cc1c(-c2ccccc2)nn(C)c1Oc1ccc(C)cc1. The van der Waals surface area contributed by atoms with Crippen molar-refractivity contribution in [2.45, 2.75) is 19.6 Å². The van der Waals surface area contributed by atoms with E-state index in [0.717, 1.165) is 28.1 Å². The number of methoxy groups -OCH3 is 1. The number of aliphatic hydroxyl groups excluding tert-OH is 1. The Morgan fingerprint density at radius 3 is 2.56 bits per heavy atom. The van der Waals surface area contributed by atoms with E-state index < -0.39 is 6.10 Å². The van der Waals surface area contributed by atoms with Gasteiger partial charge in [-0.15, -0.1) is 6.42 Å². The minimum Gasteiger partial charge on any atom is -0.439 e. The lowest BCUT2D eigenvalue weighted by Gasteiger charge is -2.25. The van der Waals surface area contributed by atoms with Crippen molar-refractivity contribution in [2.75, 3.05) is 40.0 Å². The molecule has 0 saturated carbocycles. The largest absolute Gasteiger partial charge is 0.439 e. The number of aryl methyl sites for hydroxylation is 2. The fraction of sp³-hybridized carbons (Fsp3) is 0.370. The van der Waals surface area contributed by atoms with Crippen LogP contribution >= 0.6 is 0 Å². The molecule has 1 aromatic heterocycles. The standard InChI is InChI=1S/C27H33N3O4/c1-5-16-33-20-23(31)18-30(15-17-32-4)19-25-26(22-9-7-6-8-10-22)28-29(3)27(25)34-24-13-11-21(2)12-14-24/h1,6-14,23,31H,15-20H2,2-4H3. The van der Waals surface area contributed by atoms with Gasteiger partial charge >= 0.3 is 0 Å². The minimum atomic E-state index is -0.691. The van der Waals surface area contributed by atoms with Gasteiger partial charge in [-0.05, 0) is 19.1 Å². The molecule has 0 radical (unpaired) electrons. The van der Waals surface area contributed by atoms with Crippen LogP contribution in [0.1, 0.15) is 11.1 Å². The number of rotatable bonds is 13. The average Bonchev–Trinajstić information content (AvgIpc) is 3.14. The molecule has 0 fully saturated rings. The van der Waals surface area contributed by atoms with Crippen molar-refractivity contribution >= 4 is 0 Å². The summed E-state index contributed by atoms with van der Waals surface area (Å²) in [4.78, 5) is 2.11. The van der Waals surface area contributed by atoms with E-state index in [1.165, 1.54) is 0 Å². The van der Waals surface area contributed by atoms with Gasteiger partial charge in [-0.1, -0.05) is 53.9 Å². The van der Waals surface area contributed by atoms with Crippen LogP contribution in [0.5, 0.6) is 11.6 Å². The number of nitrogens with zero attached hydrogens (tertiary/aromatic N) is 3. The summed E-state index contributed by atoms with van der Waals surface area (Å²) in [6.45, 7) is 4.42. The van der Waals surface area contributed by atoms with Crippen LogP contribution in [-0.2, 0) is 23.1 Å². The molecular formula is C27H33N3O4. The molecule has 3 rings (SSSR count). The first-order valence-electron chi connectivity index (χ1n) is 11.3. The molecule has 1 N–H and O–H groups in total. The van der Waals surface area contributed by atoms with Crippen LogP contribution in [0, 0.1) is 19.3 Å². The predicted octanol–water partition coefficient (Wildman–Crippen LogP) is 3.65. The van der Waals surface area contributed by atoms with Gasteiger partial charge in [-0.3, -0.25) is 4.90 Å². The zero-order valence-corrected chi connectivity index (χ0v) is 20.1. The molecule has 0 saturated heterocycles. The zero-order chi connectivity index (χ0) is 24.3. The highest BCUT2D eigenvalue weighted by Crippen LogP contribution is 2.34. The third-order valence-electron chi connectivity index (χ3n) is 5.33. The molecule has 1 atom stereocenters. The number of aliphatic hydroxyl groups is 1. The lowest BCUT2D eigenvalue weighted by atomic mass is 10.1. The second-order valence-electron chi connectivity index (χ2n) is 8.14. The molecule has 0 aliphatic rings. The molecule has 0 aliphatic carbocycles. The lowest BCUT2D eigenvalue weighted by molar-refractivity contribution is 0.0206. The van der Waals surface area contributed by atoms with Crippen LogP contribution < -0.4 is 4.74 Å². The Balaban J connectivity index is 1.92. The molecule has 0 aliphatic heterocycles. The molecular weight excluding hydrogens is 430 g/mol. The zero-order valence-electron chi connectivity index (χ0n) is 20.1. The number of terminal acetylenes is 1. The molecule has 2 aromatic carbocycles. The summed E-state index contributed by atoms with van der Waals surface area (Å²) in [6.07, 6.45) is 4.55. The highest BCUT2D eigenvalue weighted by molar-refractivity contribution is 5.65. The van der Waals surface area contributed by atoms with Crippen LogP contribution in [-0.4, -0.2) is 65.9 Å². The van der Waals surface area contributed by atoms with E-state index in [1.54, 1.807) is 11.8 Å². The minimum absolute atomic E-state index is 0.166. The number of ether oxygens (including phenoxy) is 3. The van der Waals surface area contributed by atoms with Crippen molar-refractivity contribution < 1.29 is 19.3 Å². The highest BCUT2D eigenvalue weighted by atomic mass is 16.5. The maximum absolute atomic E-state index is 10.5. The molecule has 34 heavy (non-hydrogen) atoms. The van der Waals surface area contributed by atoms with Gasteiger partial charge in [0.1, 0.15) is 18.1 Å². The Bertz CT molecular complexity index is 1060. The van der Waals surface area contributed by atoms with E-state index in [0.29, 0.717) is 32.1 Å². The first kappa shape index (κ1) is 25.5. The van der Waals surface area contributed by atoms with Gasteiger partial charge in [0.15, 0.2) is 0 Å². The quantitative estimate of drug-likeness (QED) is 0.308. The Morgan fingerprint density at radius 1 is 1.15 bits per heavy atom. The molecule has 0 bridgehead atoms. The molecule has 7 heteroatoms. The van der Waals surface area contributed by atoms with Crippen molar-refractivity contribution in [3.63, 3.8) is 0 Å². The van der Waals surface area contributed by atoms with Crippen LogP contribution in [0.15, 0.2) is 54.6 Å². The van der Waals surface area contributed by atoms with Crippen LogP contribution in [0.2, 0.25) is 0 Å². The fourth-order valence-electron chi connectivity index (χ4n) is 3.65. The topological polar surface area (TPSA) is 69.0 Å². The van der Waals surface area contributed by atoms with Gasteiger partial charge in [0.05, 0.1) is 24.9 Å². The number of benzene rings is 2. The Hall–Kier alpha value is -3.15. The van der Waals surface area contributed by atoms with E-state index in [2.05, 4.69) is 10.8 Å². The second-order valence-corrected chi connectivity index (χ2v) is 8.14. The van der Waals surface area contributed by atoms with Crippen molar-refractivity contribution in [2.24, 2.45) is 7.05 Å². The molecule has 180 valence electrons. The summed E-state index contributed by atoms with van der Waals surface area (Å²) in [7, 11) is 3.54. The molecule has 0 amide bonds. The Morgan fingerprint density at radius 2 is 1.88 bits per heavy atom. The van der Waals surface area contributed by atoms with E-state index in [4.69, 9.17) is 25.7 Å². The van der Waals surface area contributed by atoms with Gasteiger partial charge < -0.3 is 19.3 Å². The first-order valence-corrected chi connectivity index (χ1v) is 11.3. The normalized spacial score (nSPS) is 12.0.